The van der Waals surface area contributed by atoms with Crippen molar-refractivity contribution in [3.05, 3.63) is 95.6 Å². The Balaban J connectivity index is 1.46. The van der Waals surface area contributed by atoms with E-state index < -0.39 is 17.8 Å². The van der Waals surface area contributed by atoms with Gasteiger partial charge in [-0.15, -0.1) is 0 Å². The van der Waals surface area contributed by atoms with E-state index in [0.29, 0.717) is 30.2 Å². The van der Waals surface area contributed by atoms with Crippen LogP contribution in [0.5, 0.6) is 11.5 Å². The third-order valence-corrected chi connectivity index (χ3v) is 4.93. The summed E-state index contributed by atoms with van der Waals surface area (Å²) in [6.45, 7) is 2.59. The molecular weight excluding hydrogens is 420 g/mol. The van der Waals surface area contributed by atoms with Crippen molar-refractivity contribution in [2.75, 3.05) is 18.1 Å². The van der Waals surface area contributed by atoms with E-state index in [-0.39, 0.29) is 5.57 Å². The molecule has 1 saturated heterocycles. The number of carbonyl (C=O) groups is 3. The third kappa shape index (κ3) is 5.27. The van der Waals surface area contributed by atoms with Crippen LogP contribution in [-0.4, -0.2) is 31.1 Å². The van der Waals surface area contributed by atoms with Crippen molar-refractivity contribution in [3.63, 3.8) is 0 Å². The summed E-state index contributed by atoms with van der Waals surface area (Å²) in [4.78, 5) is 38.6. The highest BCUT2D eigenvalue weighted by Crippen LogP contribution is 2.23. The van der Waals surface area contributed by atoms with Crippen LogP contribution in [-0.2, 0) is 9.59 Å². The number of benzene rings is 3. The molecule has 3 aromatic carbocycles. The average molecular weight is 442 g/mol. The van der Waals surface area contributed by atoms with E-state index in [1.54, 1.807) is 48.5 Å². The standard InChI is InChI=1S/C26H22N2O5/c1-18-10-12-20(13-11-18)28-25(30)23(24(29)27-26(28)31)17-19-6-5-9-22(16-19)33-15-14-32-21-7-3-2-4-8-21/h2-13,16-17H,14-15H2,1H3,(H,27,29,31)/b23-17-. The van der Waals surface area contributed by atoms with Crippen molar-refractivity contribution >= 4 is 29.6 Å². The fraction of sp³-hybridized carbons (Fsp3) is 0.115. The molecule has 3 aromatic rings. The highest BCUT2D eigenvalue weighted by molar-refractivity contribution is 6.39. The minimum Gasteiger partial charge on any atom is -0.490 e. The second-order valence-electron chi connectivity index (χ2n) is 7.38. The summed E-state index contributed by atoms with van der Waals surface area (Å²) in [7, 11) is 0. The summed E-state index contributed by atoms with van der Waals surface area (Å²) < 4.78 is 11.3. The molecule has 0 aliphatic carbocycles. The molecule has 1 aliphatic heterocycles. The minimum absolute atomic E-state index is 0.139. The molecule has 166 valence electrons. The van der Waals surface area contributed by atoms with Gasteiger partial charge in [-0.1, -0.05) is 48.0 Å². The monoisotopic (exact) mass is 442 g/mol. The van der Waals surface area contributed by atoms with Gasteiger partial charge in [0.1, 0.15) is 30.3 Å². The molecule has 0 atom stereocenters. The van der Waals surface area contributed by atoms with Gasteiger partial charge in [0.15, 0.2) is 0 Å². The topological polar surface area (TPSA) is 84.9 Å². The second-order valence-corrected chi connectivity index (χ2v) is 7.38. The molecule has 33 heavy (non-hydrogen) atoms. The zero-order valence-corrected chi connectivity index (χ0v) is 18.0. The van der Waals surface area contributed by atoms with E-state index in [0.717, 1.165) is 16.2 Å². The molecule has 0 spiro atoms. The Morgan fingerprint density at radius 3 is 2.21 bits per heavy atom. The van der Waals surface area contributed by atoms with Crippen molar-refractivity contribution in [1.29, 1.82) is 0 Å². The number of amides is 4. The van der Waals surface area contributed by atoms with Crippen LogP contribution in [0.2, 0.25) is 0 Å². The SMILES string of the molecule is Cc1ccc(N2C(=O)NC(=O)/C(=C/c3cccc(OCCOc4ccccc4)c3)C2=O)cc1. The molecule has 1 heterocycles. The lowest BCUT2D eigenvalue weighted by atomic mass is 10.1. The minimum atomic E-state index is -0.776. The normalized spacial score (nSPS) is 14.9. The summed E-state index contributed by atoms with van der Waals surface area (Å²) in [6.07, 6.45) is 1.44. The van der Waals surface area contributed by atoms with Crippen molar-refractivity contribution in [1.82, 2.24) is 5.32 Å². The number of urea groups is 1. The van der Waals surface area contributed by atoms with Crippen molar-refractivity contribution in [3.8, 4) is 11.5 Å². The quantitative estimate of drug-likeness (QED) is 0.338. The van der Waals surface area contributed by atoms with Crippen LogP contribution >= 0.6 is 0 Å². The number of anilines is 1. The van der Waals surface area contributed by atoms with Crippen molar-refractivity contribution in [2.24, 2.45) is 0 Å². The summed E-state index contributed by atoms with van der Waals surface area (Å²) in [5, 5.41) is 2.23. The molecule has 7 heteroatoms. The molecule has 4 rings (SSSR count). The number of carbonyl (C=O) groups excluding carboxylic acids is 3. The predicted octanol–water partition coefficient (Wildman–Crippen LogP) is 4.12. The lowest BCUT2D eigenvalue weighted by Gasteiger charge is -2.26. The maximum absolute atomic E-state index is 13.0. The maximum atomic E-state index is 13.0. The van der Waals surface area contributed by atoms with Gasteiger partial charge in [0.05, 0.1) is 5.69 Å². The van der Waals surface area contributed by atoms with Gasteiger partial charge in [-0.25, -0.2) is 9.69 Å². The number of para-hydroxylation sites is 1. The van der Waals surface area contributed by atoms with Gasteiger partial charge in [-0.2, -0.15) is 0 Å². The van der Waals surface area contributed by atoms with E-state index in [1.807, 2.05) is 37.3 Å². The van der Waals surface area contributed by atoms with E-state index in [9.17, 15) is 14.4 Å². The smallest absolute Gasteiger partial charge is 0.335 e. The largest absolute Gasteiger partial charge is 0.490 e. The van der Waals surface area contributed by atoms with Crippen LogP contribution in [0.1, 0.15) is 11.1 Å². The first-order valence-electron chi connectivity index (χ1n) is 10.4. The lowest BCUT2D eigenvalue weighted by Crippen LogP contribution is -2.54. The Hall–Kier alpha value is -4.39. The summed E-state index contributed by atoms with van der Waals surface area (Å²) in [5.74, 6) is -0.101. The number of aryl methyl sites for hydroxylation is 1. The summed E-state index contributed by atoms with van der Waals surface area (Å²) in [6, 6.07) is 22.5. The third-order valence-electron chi connectivity index (χ3n) is 4.93. The summed E-state index contributed by atoms with van der Waals surface area (Å²) in [5.41, 5.74) is 1.83. The van der Waals surface area contributed by atoms with Crippen LogP contribution in [0, 0.1) is 6.92 Å². The van der Waals surface area contributed by atoms with Crippen molar-refractivity contribution < 1.29 is 23.9 Å². The highest BCUT2D eigenvalue weighted by Gasteiger charge is 2.36. The molecule has 0 unspecified atom stereocenters. The molecule has 1 N–H and O–H groups in total. The highest BCUT2D eigenvalue weighted by atomic mass is 16.5. The average Bonchev–Trinajstić information content (AvgIpc) is 2.82. The first-order chi connectivity index (χ1) is 16.0. The Kier molecular flexibility index (Phi) is 6.50. The molecule has 0 radical (unpaired) electrons. The van der Waals surface area contributed by atoms with Crippen LogP contribution in [0.25, 0.3) is 6.08 Å². The molecular formula is C26H22N2O5. The van der Waals surface area contributed by atoms with Gasteiger partial charge in [-0.3, -0.25) is 14.9 Å². The zero-order valence-electron chi connectivity index (χ0n) is 18.0. The molecule has 4 amide bonds. The van der Waals surface area contributed by atoms with Crippen LogP contribution in [0.3, 0.4) is 0 Å². The number of imide groups is 2. The fourth-order valence-electron chi connectivity index (χ4n) is 3.28. The molecule has 1 fully saturated rings. The number of nitrogens with one attached hydrogen (secondary N) is 1. The number of ether oxygens (including phenoxy) is 2. The molecule has 0 aromatic heterocycles. The fourth-order valence-corrected chi connectivity index (χ4v) is 3.28. The van der Waals surface area contributed by atoms with E-state index >= 15 is 0 Å². The van der Waals surface area contributed by atoms with Gasteiger partial charge >= 0.3 is 6.03 Å². The van der Waals surface area contributed by atoms with Crippen molar-refractivity contribution in [2.45, 2.75) is 6.92 Å². The van der Waals surface area contributed by atoms with Crippen LogP contribution in [0.15, 0.2) is 84.4 Å². The van der Waals surface area contributed by atoms with Gasteiger partial charge in [0.2, 0.25) is 0 Å². The second kappa shape index (κ2) is 9.82. The first-order valence-corrected chi connectivity index (χ1v) is 10.4. The van der Waals surface area contributed by atoms with Gasteiger partial charge in [-0.05, 0) is 55.0 Å². The predicted molar refractivity (Wildman–Crippen MR) is 124 cm³/mol. The molecule has 7 nitrogen and oxygen atoms in total. The van der Waals surface area contributed by atoms with Gasteiger partial charge < -0.3 is 9.47 Å². The van der Waals surface area contributed by atoms with Crippen LogP contribution in [0.4, 0.5) is 10.5 Å². The molecule has 1 aliphatic rings. The first kappa shape index (κ1) is 21.8. The van der Waals surface area contributed by atoms with Gasteiger partial charge in [0.25, 0.3) is 11.8 Å². The van der Waals surface area contributed by atoms with E-state index in [2.05, 4.69) is 5.32 Å². The number of nitrogens with zero attached hydrogens (tertiary/aromatic N) is 1. The number of rotatable bonds is 7. The van der Waals surface area contributed by atoms with E-state index in [4.69, 9.17) is 9.47 Å². The van der Waals surface area contributed by atoms with Crippen LogP contribution < -0.4 is 19.7 Å². The Morgan fingerprint density at radius 2 is 1.48 bits per heavy atom. The Morgan fingerprint density at radius 1 is 0.818 bits per heavy atom. The zero-order chi connectivity index (χ0) is 23.2. The molecule has 0 bridgehead atoms. The Bertz CT molecular complexity index is 1200. The molecule has 0 saturated carbocycles. The van der Waals surface area contributed by atoms with Gasteiger partial charge in [0, 0.05) is 0 Å². The maximum Gasteiger partial charge on any atom is 0.335 e. The Labute approximate surface area is 191 Å². The number of barbiturate groups is 1. The number of hydrogen-bond donors (Lipinski definition) is 1. The summed E-state index contributed by atoms with van der Waals surface area (Å²) >= 11 is 0. The lowest BCUT2D eigenvalue weighted by molar-refractivity contribution is -0.122. The number of hydrogen-bond acceptors (Lipinski definition) is 5. The van der Waals surface area contributed by atoms with E-state index in [1.165, 1.54) is 6.08 Å².